The summed E-state index contributed by atoms with van der Waals surface area (Å²) in [5, 5.41) is 6.03. The minimum atomic E-state index is -0.00588. The van der Waals surface area contributed by atoms with E-state index in [1.165, 1.54) is 71.6 Å². The molecule has 5 heterocycles. The van der Waals surface area contributed by atoms with E-state index in [2.05, 4.69) is 116 Å². The number of benzene rings is 5. The maximum absolute atomic E-state index is 6.57. The van der Waals surface area contributed by atoms with Gasteiger partial charge in [-0.05, 0) is 80.1 Å². The predicted octanol–water partition coefficient (Wildman–Crippen LogP) is 8.39. The van der Waals surface area contributed by atoms with Gasteiger partial charge >= 0.3 is 6.85 Å². The van der Waals surface area contributed by atoms with Crippen molar-refractivity contribution in [3.8, 4) is 5.69 Å². The van der Waals surface area contributed by atoms with Crippen LogP contribution in [0.4, 0.5) is 0 Å². The number of aryl methyl sites for hydroxylation is 4. The standard InChI is InChI=1S/C39H28BN3O/c1-21-16-23(3)36-27(18-21)28-19-22(2)17-24(4)37(28)43(36)40-29-12-6-7-14-31(29)42-32-20-41-35-25-10-5-8-15-33(25)44-39(35)34(32)26-11-9-13-30(40)38(26)42/h5-20H,1-4H3. The van der Waals surface area contributed by atoms with Crippen molar-refractivity contribution in [1.82, 2.24) is 14.0 Å². The second-order valence-electron chi connectivity index (χ2n) is 12.7. The molecule has 5 aromatic carbocycles. The molecule has 0 fully saturated rings. The first-order valence-electron chi connectivity index (χ1n) is 15.3. The first kappa shape index (κ1) is 24.2. The van der Waals surface area contributed by atoms with Crippen LogP contribution in [0.15, 0.2) is 102 Å². The van der Waals surface area contributed by atoms with E-state index >= 15 is 0 Å². The van der Waals surface area contributed by atoms with Gasteiger partial charge in [-0.25, -0.2) is 4.98 Å². The monoisotopic (exact) mass is 565 g/mol. The van der Waals surface area contributed by atoms with Gasteiger partial charge in [-0.3, -0.25) is 0 Å². The summed E-state index contributed by atoms with van der Waals surface area (Å²) < 4.78 is 11.6. The van der Waals surface area contributed by atoms with Crippen LogP contribution in [0, 0.1) is 27.7 Å². The SMILES string of the molecule is Cc1cc(C)c2c(c1)c1cc(C)cc(C)c1n2B1c2ccccc2-n2c3cnc4c5ccccc5oc4c3c3cccc1c32. The van der Waals surface area contributed by atoms with Gasteiger partial charge in [0.25, 0.3) is 0 Å². The summed E-state index contributed by atoms with van der Waals surface area (Å²) >= 11 is 0. The molecule has 208 valence electrons. The van der Waals surface area contributed by atoms with Crippen molar-refractivity contribution < 1.29 is 4.42 Å². The molecule has 0 aliphatic carbocycles. The van der Waals surface area contributed by atoms with Crippen molar-refractivity contribution in [1.29, 1.82) is 0 Å². The van der Waals surface area contributed by atoms with Gasteiger partial charge in [0.2, 0.25) is 0 Å². The molecule has 1 aliphatic rings. The number of hydrogen-bond acceptors (Lipinski definition) is 2. The van der Waals surface area contributed by atoms with Crippen LogP contribution < -0.4 is 10.9 Å². The van der Waals surface area contributed by atoms with Crippen LogP contribution in [0.3, 0.4) is 0 Å². The Labute approximate surface area is 254 Å². The van der Waals surface area contributed by atoms with Crippen molar-refractivity contribution >= 4 is 83.5 Å². The van der Waals surface area contributed by atoms with Crippen LogP contribution in [0.5, 0.6) is 0 Å². The van der Waals surface area contributed by atoms with Gasteiger partial charge in [0.1, 0.15) is 11.1 Å². The third-order valence-electron chi connectivity index (χ3n) is 9.86. The van der Waals surface area contributed by atoms with E-state index in [0.29, 0.717) is 0 Å². The van der Waals surface area contributed by atoms with Gasteiger partial charge < -0.3 is 13.5 Å². The molecule has 4 nitrogen and oxygen atoms in total. The number of para-hydroxylation sites is 3. The lowest BCUT2D eigenvalue weighted by Crippen LogP contribution is -2.53. The fourth-order valence-corrected chi connectivity index (χ4v) is 8.38. The molecule has 1 aliphatic heterocycles. The summed E-state index contributed by atoms with van der Waals surface area (Å²) in [7, 11) is 0. The minimum Gasteiger partial charge on any atom is -0.454 e. The molecule has 0 unspecified atom stereocenters. The first-order valence-corrected chi connectivity index (χ1v) is 15.3. The fraction of sp³-hybridized carbons (Fsp3) is 0.103. The van der Waals surface area contributed by atoms with E-state index in [4.69, 9.17) is 9.40 Å². The van der Waals surface area contributed by atoms with Gasteiger partial charge in [0.05, 0.1) is 22.6 Å². The molecule has 0 spiro atoms. The molecule has 0 amide bonds. The molecule has 0 radical (unpaired) electrons. The van der Waals surface area contributed by atoms with Crippen LogP contribution in [0.1, 0.15) is 22.3 Å². The second kappa shape index (κ2) is 8.21. The van der Waals surface area contributed by atoms with E-state index in [-0.39, 0.29) is 6.85 Å². The fourth-order valence-electron chi connectivity index (χ4n) is 8.38. The van der Waals surface area contributed by atoms with Crippen molar-refractivity contribution in [2.24, 2.45) is 0 Å². The highest BCUT2D eigenvalue weighted by atomic mass is 16.3. The first-order chi connectivity index (χ1) is 21.5. The van der Waals surface area contributed by atoms with Crippen LogP contribution in [0.2, 0.25) is 0 Å². The largest absolute Gasteiger partial charge is 0.454 e. The summed E-state index contributed by atoms with van der Waals surface area (Å²) in [5.74, 6) is 0. The minimum absolute atomic E-state index is 0.00588. The maximum Gasteiger partial charge on any atom is 0.332 e. The number of pyridine rings is 1. The molecule has 0 N–H and O–H groups in total. The number of rotatable bonds is 1. The molecule has 0 saturated carbocycles. The Morgan fingerprint density at radius 3 is 2.07 bits per heavy atom. The summed E-state index contributed by atoms with van der Waals surface area (Å²) in [5.41, 5.74) is 16.5. The lowest BCUT2D eigenvalue weighted by atomic mass is 9.48. The summed E-state index contributed by atoms with van der Waals surface area (Å²) in [6.07, 6.45) is 2.04. The smallest absolute Gasteiger partial charge is 0.332 e. The van der Waals surface area contributed by atoms with Crippen LogP contribution in [0.25, 0.3) is 71.4 Å². The molecule has 4 aromatic heterocycles. The summed E-state index contributed by atoms with van der Waals surface area (Å²) in [6.45, 7) is 8.95. The van der Waals surface area contributed by atoms with Crippen molar-refractivity contribution in [3.63, 3.8) is 0 Å². The molecule has 10 rings (SSSR count). The molecule has 44 heavy (non-hydrogen) atoms. The zero-order valence-electron chi connectivity index (χ0n) is 25.1. The average molecular weight is 565 g/mol. The van der Waals surface area contributed by atoms with E-state index in [0.717, 1.165) is 33.0 Å². The van der Waals surface area contributed by atoms with Gasteiger partial charge in [0, 0.05) is 38.3 Å². The third kappa shape index (κ3) is 2.87. The Morgan fingerprint density at radius 1 is 0.636 bits per heavy atom. The topological polar surface area (TPSA) is 35.9 Å². The van der Waals surface area contributed by atoms with Crippen molar-refractivity contribution in [2.75, 3.05) is 0 Å². The van der Waals surface area contributed by atoms with Gasteiger partial charge in [-0.1, -0.05) is 71.8 Å². The number of nitrogens with zero attached hydrogens (tertiary/aromatic N) is 3. The average Bonchev–Trinajstić information content (AvgIpc) is 3.66. The quantitative estimate of drug-likeness (QED) is 0.188. The molecule has 0 atom stereocenters. The highest BCUT2D eigenvalue weighted by Crippen LogP contribution is 2.41. The lowest BCUT2D eigenvalue weighted by Gasteiger charge is -2.29. The number of hydrogen-bond donors (Lipinski definition) is 0. The Balaban J connectivity index is 1.42. The number of furan rings is 1. The predicted molar refractivity (Wildman–Crippen MR) is 185 cm³/mol. The summed E-state index contributed by atoms with van der Waals surface area (Å²) in [6, 6.07) is 33.3. The van der Waals surface area contributed by atoms with Crippen LogP contribution in [-0.4, -0.2) is 20.9 Å². The Hall–Kier alpha value is -5.29. The zero-order valence-corrected chi connectivity index (χ0v) is 25.1. The molecule has 0 saturated heterocycles. The Kier molecular flexibility index (Phi) is 4.51. The highest BCUT2D eigenvalue weighted by molar-refractivity contribution is 6.88. The van der Waals surface area contributed by atoms with E-state index in [9.17, 15) is 0 Å². The van der Waals surface area contributed by atoms with Crippen LogP contribution in [-0.2, 0) is 0 Å². The number of fused-ring (bicyclic) bond motifs is 12. The molecule has 0 bridgehead atoms. The normalized spacial score (nSPS) is 13.0. The van der Waals surface area contributed by atoms with Gasteiger partial charge in [-0.2, -0.15) is 0 Å². The number of aromatic nitrogens is 3. The van der Waals surface area contributed by atoms with E-state index in [1.807, 2.05) is 18.3 Å². The van der Waals surface area contributed by atoms with Crippen molar-refractivity contribution in [3.05, 3.63) is 119 Å². The van der Waals surface area contributed by atoms with Crippen molar-refractivity contribution in [2.45, 2.75) is 27.7 Å². The lowest BCUT2D eigenvalue weighted by molar-refractivity contribution is 0.672. The molecule has 9 aromatic rings. The maximum atomic E-state index is 6.57. The van der Waals surface area contributed by atoms with Gasteiger partial charge in [0.15, 0.2) is 5.58 Å². The summed E-state index contributed by atoms with van der Waals surface area (Å²) in [4.78, 5) is 5.00. The van der Waals surface area contributed by atoms with E-state index in [1.54, 1.807) is 0 Å². The van der Waals surface area contributed by atoms with E-state index < -0.39 is 0 Å². The second-order valence-corrected chi connectivity index (χ2v) is 12.7. The van der Waals surface area contributed by atoms with Gasteiger partial charge in [-0.15, -0.1) is 0 Å². The molecular weight excluding hydrogens is 537 g/mol. The molecular formula is C39H28BN3O. The molecule has 5 heteroatoms. The Bertz CT molecular complexity index is 2660. The highest BCUT2D eigenvalue weighted by Gasteiger charge is 2.37. The zero-order chi connectivity index (χ0) is 29.4. The Morgan fingerprint density at radius 2 is 1.30 bits per heavy atom. The third-order valence-corrected chi connectivity index (χ3v) is 9.86. The van der Waals surface area contributed by atoms with Crippen LogP contribution >= 0.6 is 0 Å².